The van der Waals surface area contributed by atoms with Crippen LogP contribution < -0.4 is 0 Å². The number of amides is 1. The molecule has 0 unspecified atom stereocenters. The molecule has 0 N–H and O–H groups in total. The van der Waals surface area contributed by atoms with Gasteiger partial charge in [0.1, 0.15) is 0 Å². The molecule has 0 radical (unpaired) electrons. The summed E-state index contributed by atoms with van der Waals surface area (Å²) in [5, 5.41) is 1.25. The van der Waals surface area contributed by atoms with Gasteiger partial charge in [-0.2, -0.15) is 0 Å². The van der Waals surface area contributed by atoms with E-state index < -0.39 is 5.97 Å². The van der Waals surface area contributed by atoms with Gasteiger partial charge in [-0.1, -0.05) is 11.6 Å². The van der Waals surface area contributed by atoms with Gasteiger partial charge in [0.25, 0.3) is 5.91 Å². The first kappa shape index (κ1) is 22.2. The van der Waals surface area contributed by atoms with Gasteiger partial charge >= 0.3 is 5.97 Å². The molecule has 1 saturated heterocycles. The zero-order valence-corrected chi connectivity index (χ0v) is 19.2. The number of ether oxygens (including phenoxy) is 1. The molecule has 1 aromatic carbocycles. The molecule has 3 rings (SSSR count). The summed E-state index contributed by atoms with van der Waals surface area (Å²) in [4.78, 5) is 31.5. The molecule has 0 saturated carbocycles. The molecule has 0 aliphatic carbocycles. The summed E-state index contributed by atoms with van der Waals surface area (Å²) in [7, 11) is 1.35. The molecular formula is C22H24ClN3O3S. The van der Waals surface area contributed by atoms with Gasteiger partial charge < -0.3 is 9.30 Å². The number of hydrogen-bond donors (Lipinski definition) is 0. The second kappa shape index (κ2) is 9.10. The van der Waals surface area contributed by atoms with E-state index in [0.717, 1.165) is 22.1 Å². The second-order valence-corrected chi connectivity index (χ2v) is 8.15. The number of carbonyl (C=O) groups excluding carboxylic acids is 2. The summed E-state index contributed by atoms with van der Waals surface area (Å²) >= 11 is 7.84. The number of methoxy groups -OCH3 is 1. The first-order valence-electron chi connectivity index (χ1n) is 9.65. The largest absolute Gasteiger partial charge is 0.465 e. The van der Waals surface area contributed by atoms with Crippen molar-refractivity contribution in [3.05, 3.63) is 56.7 Å². The van der Waals surface area contributed by atoms with Crippen LogP contribution >= 0.6 is 23.4 Å². The minimum Gasteiger partial charge on any atom is -0.465 e. The molecule has 6 nitrogen and oxygen atoms in total. The van der Waals surface area contributed by atoms with Crippen LogP contribution in [0.1, 0.15) is 41.2 Å². The normalized spacial score (nSPS) is 16.7. The Kier molecular flexibility index (Phi) is 6.73. The minimum absolute atomic E-state index is 0.0368. The van der Waals surface area contributed by atoms with Crippen LogP contribution in [0.25, 0.3) is 11.8 Å². The molecule has 1 fully saturated rings. The fraction of sp³-hybridized carbons (Fsp3) is 0.318. The zero-order valence-electron chi connectivity index (χ0n) is 17.7. The minimum atomic E-state index is -0.423. The van der Waals surface area contributed by atoms with E-state index in [-0.39, 0.29) is 5.91 Å². The Labute approximate surface area is 185 Å². The van der Waals surface area contributed by atoms with Crippen LogP contribution in [0.3, 0.4) is 0 Å². The fourth-order valence-corrected chi connectivity index (χ4v) is 4.71. The number of carbonyl (C=O) groups is 2. The van der Waals surface area contributed by atoms with Crippen molar-refractivity contribution in [3.63, 3.8) is 0 Å². The van der Waals surface area contributed by atoms with Crippen molar-refractivity contribution in [1.29, 1.82) is 0 Å². The molecular weight excluding hydrogens is 422 g/mol. The number of nitrogens with zero attached hydrogens (tertiary/aromatic N) is 3. The first-order chi connectivity index (χ1) is 14.3. The molecule has 0 atom stereocenters. The van der Waals surface area contributed by atoms with E-state index in [1.807, 2.05) is 44.4 Å². The molecule has 1 aliphatic heterocycles. The van der Waals surface area contributed by atoms with Gasteiger partial charge in [-0.25, -0.2) is 4.79 Å². The number of aromatic nitrogens is 1. The van der Waals surface area contributed by atoms with Crippen LogP contribution in [0.2, 0.25) is 5.02 Å². The van der Waals surface area contributed by atoms with Crippen molar-refractivity contribution in [2.75, 3.05) is 20.2 Å². The molecule has 1 amide bonds. The number of aliphatic imine (C=N–C) groups is 1. The Morgan fingerprint density at radius 2 is 2.00 bits per heavy atom. The summed E-state index contributed by atoms with van der Waals surface area (Å²) in [6.45, 7) is 9.02. The molecule has 8 heteroatoms. The van der Waals surface area contributed by atoms with E-state index >= 15 is 0 Å². The van der Waals surface area contributed by atoms with Crippen LogP contribution in [-0.2, 0) is 9.53 Å². The number of hydrogen-bond acceptors (Lipinski definition) is 5. The average Bonchev–Trinajstić information content (AvgIpc) is 3.17. The van der Waals surface area contributed by atoms with E-state index in [9.17, 15) is 9.59 Å². The Balaban J connectivity index is 2.06. The SMILES string of the molecule is CCN=C1S/C(=C\c2cc(C)n(-c3cc(C(=O)OC)ccc3Cl)c2C)C(=O)N1CC. The Morgan fingerprint density at radius 3 is 2.63 bits per heavy atom. The van der Waals surface area contributed by atoms with Crippen LogP contribution in [0.4, 0.5) is 0 Å². The first-order valence-corrected chi connectivity index (χ1v) is 10.8. The molecule has 30 heavy (non-hydrogen) atoms. The molecule has 0 spiro atoms. The third kappa shape index (κ3) is 4.04. The highest BCUT2D eigenvalue weighted by Gasteiger charge is 2.32. The topological polar surface area (TPSA) is 63.9 Å². The van der Waals surface area contributed by atoms with Crippen molar-refractivity contribution < 1.29 is 14.3 Å². The second-order valence-electron chi connectivity index (χ2n) is 6.74. The monoisotopic (exact) mass is 445 g/mol. The lowest BCUT2D eigenvalue weighted by Gasteiger charge is -2.13. The van der Waals surface area contributed by atoms with Crippen molar-refractivity contribution in [2.24, 2.45) is 4.99 Å². The van der Waals surface area contributed by atoms with Gasteiger partial charge in [-0.15, -0.1) is 0 Å². The number of thioether (sulfide) groups is 1. The summed E-state index contributed by atoms with van der Waals surface area (Å²) in [6, 6.07) is 7.04. The van der Waals surface area contributed by atoms with Crippen LogP contribution in [0.5, 0.6) is 0 Å². The molecule has 158 valence electrons. The number of amidine groups is 1. The maximum absolute atomic E-state index is 12.8. The number of likely N-dealkylation sites (N-methyl/N-ethyl adjacent to an activating group) is 1. The summed E-state index contributed by atoms with van der Waals surface area (Å²) < 4.78 is 6.80. The van der Waals surface area contributed by atoms with E-state index in [0.29, 0.717) is 34.3 Å². The zero-order chi connectivity index (χ0) is 22.0. The molecule has 1 aromatic heterocycles. The van der Waals surface area contributed by atoms with Crippen LogP contribution in [0.15, 0.2) is 34.2 Å². The maximum Gasteiger partial charge on any atom is 0.337 e. The lowest BCUT2D eigenvalue weighted by molar-refractivity contribution is -0.122. The summed E-state index contributed by atoms with van der Waals surface area (Å²) in [6.07, 6.45) is 1.89. The van der Waals surface area contributed by atoms with Crippen molar-refractivity contribution >= 4 is 46.5 Å². The third-order valence-corrected chi connectivity index (χ3v) is 6.23. The fourth-order valence-electron chi connectivity index (χ4n) is 3.41. The highest BCUT2D eigenvalue weighted by atomic mass is 35.5. The predicted octanol–water partition coefficient (Wildman–Crippen LogP) is 4.85. The van der Waals surface area contributed by atoms with Gasteiger partial charge in [0.2, 0.25) is 0 Å². The number of halogens is 1. The molecule has 0 bridgehead atoms. The highest BCUT2D eigenvalue weighted by Crippen LogP contribution is 2.34. The molecule has 2 heterocycles. The predicted molar refractivity (Wildman–Crippen MR) is 123 cm³/mol. The molecule has 2 aromatic rings. The van der Waals surface area contributed by atoms with Gasteiger partial charge in [-0.05, 0) is 75.4 Å². The van der Waals surface area contributed by atoms with Gasteiger partial charge in [-0.3, -0.25) is 14.7 Å². The Hall–Kier alpha value is -2.51. The van der Waals surface area contributed by atoms with Gasteiger partial charge in [0.15, 0.2) is 5.17 Å². The van der Waals surface area contributed by atoms with Crippen LogP contribution in [-0.4, -0.2) is 46.7 Å². The lowest BCUT2D eigenvalue weighted by atomic mass is 10.2. The smallest absolute Gasteiger partial charge is 0.337 e. The van der Waals surface area contributed by atoms with E-state index in [4.69, 9.17) is 16.3 Å². The van der Waals surface area contributed by atoms with Crippen LogP contribution in [0, 0.1) is 13.8 Å². The standard InChI is InChI=1S/C22H24ClN3O3S/c1-6-24-22-25(7-2)20(27)19(30-22)12-16-10-13(3)26(14(16)4)18-11-15(21(28)29-5)8-9-17(18)23/h8-12H,6-7H2,1-5H3/b19-12-,24-22?. The Morgan fingerprint density at radius 1 is 1.27 bits per heavy atom. The summed E-state index contributed by atoms with van der Waals surface area (Å²) in [5.74, 6) is -0.460. The third-order valence-electron chi connectivity index (χ3n) is 4.86. The van der Waals surface area contributed by atoms with Gasteiger partial charge in [0, 0.05) is 24.5 Å². The van der Waals surface area contributed by atoms with Crippen molar-refractivity contribution in [2.45, 2.75) is 27.7 Å². The van der Waals surface area contributed by atoms with E-state index in [1.54, 1.807) is 23.1 Å². The van der Waals surface area contributed by atoms with E-state index in [1.165, 1.54) is 18.9 Å². The van der Waals surface area contributed by atoms with Gasteiger partial charge in [0.05, 0.1) is 28.3 Å². The summed E-state index contributed by atoms with van der Waals surface area (Å²) in [5.41, 5.74) is 3.88. The maximum atomic E-state index is 12.8. The number of benzene rings is 1. The number of aryl methyl sites for hydroxylation is 1. The van der Waals surface area contributed by atoms with Crippen molar-refractivity contribution in [3.8, 4) is 5.69 Å². The van der Waals surface area contributed by atoms with E-state index in [2.05, 4.69) is 4.99 Å². The number of rotatable bonds is 5. The quantitative estimate of drug-likeness (QED) is 0.487. The Bertz CT molecular complexity index is 1070. The lowest BCUT2D eigenvalue weighted by Crippen LogP contribution is -2.28. The number of esters is 1. The van der Waals surface area contributed by atoms with Crippen molar-refractivity contribution in [1.82, 2.24) is 9.47 Å². The molecule has 1 aliphatic rings. The average molecular weight is 446 g/mol. The highest BCUT2D eigenvalue weighted by molar-refractivity contribution is 8.18.